The number of halogens is 1. The molecule has 1 aromatic carbocycles. The van der Waals surface area contributed by atoms with E-state index in [2.05, 4.69) is 4.72 Å². The lowest BCUT2D eigenvalue weighted by molar-refractivity contribution is -0.387. The van der Waals surface area contributed by atoms with Crippen molar-refractivity contribution in [2.45, 2.75) is 37.1 Å². The van der Waals surface area contributed by atoms with Gasteiger partial charge < -0.3 is 4.74 Å². The van der Waals surface area contributed by atoms with Crippen molar-refractivity contribution < 1.29 is 22.9 Å². The van der Waals surface area contributed by atoms with Crippen LogP contribution in [0.4, 0.5) is 5.69 Å². The molecule has 0 aliphatic carbocycles. The van der Waals surface area contributed by atoms with Gasteiger partial charge >= 0.3 is 5.97 Å². The fraction of sp³-hybridized carbons (Fsp3) is 0.500. The highest BCUT2D eigenvalue weighted by Gasteiger charge is 2.31. The number of hydrogen-bond donors (Lipinski definition) is 1. The molecule has 0 fully saturated rings. The van der Waals surface area contributed by atoms with Crippen molar-refractivity contribution in [1.29, 1.82) is 0 Å². The highest BCUT2D eigenvalue weighted by molar-refractivity contribution is 7.89. The summed E-state index contributed by atoms with van der Waals surface area (Å²) < 4.78 is 32.0. The molecule has 0 aliphatic heterocycles. The van der Waals surface area contributed by atoms with Crippen LogP contribution in [-0.2, 0) is 19.6 Å². The number of rotatable bonds is 10. The number of carbonyl (C=O) groups excluding carboxylic acids is 1. The van der Waals surface area contributed by atoms with E-state index in [9.17, 15) is 23.3 Å². The molecule has 0 spiro atoms. The summed E-state index contributed by atoms with van der Waals surface area (Å²) in [5.74, 6) is -0.737. The molecule has 0 aromatic heterocycles. The smallest absolute Gasteiger partial charge is 0.324 e. The number of nitrogens with zero attached hydrogens (tertiary/aromatic N) is 1. The summed E-state index contributed by atoms with van der Waals surface area (Å²) in [5.41, 5.74) is -0.575. The number of benzene rings is 1. The molecule has 0 amide bonds. The van der Waals surface area contributed by atoms with Crippen LogP contribution in [0.3, 0.4) is 0 Å². The number of hydrogen-bond acceptors (Lipinski definition) is 6. The van der Waals surface area contributed by atoms with E-state index in [4.69, 9.17) is 16.3 Å². The number of nitrogens with one attached hydrogen (secondary N) is 1. The Kier molecular flexibility index (Phi) is 8.09. The quantitative estimate of drug-likeness (QED) is 0.219. The molecular weight excluding hydrogens is 360 g/mol. The normalized spacial score (nSPS) is 12.6. The van der Waals surface area contributed by atoms with Gasteiger partial charge in [-0.1, -0.05) is 25.5 Å². The standard InChI is InChI=1S/C14H19ClN2O6S/c1-2-3-10-23-14(18)11(8-9-15)16-24(21,22)13-7-5-4-6-12(13)17(19)20/h4-7,11,16H,2-3,8-10H2,1H3/t11-/m1/s1. The van der Waals surface area contributed by atoms with E-state index >= 15 is 0 Å². The maximum atomic E-state index is 12.4. The summed E-state index contributed by atoms with van der Waals surface area (Å²) in [6.07, 6.45) is 1.47. The highest BCUT2D eigenvalue weighted by Crippen LogP contribution is 2.23. The van der Waals surface area contributed by atoms with Crippen LogP contribution in [0.25, 0.3) is 0 Å². The molecule has 0 saturated heterocycles. The van der Waals surface area contributed by atoms with E-state index in [-0.39, 0.29) is 18.9 Å². The van der Waals surface area contributed by atoms with Crippen LogP contribution in [0.1, 0.15) is 26.2 Å². The Hall–Kier alpha value is -1.71. The minimum Gasteiger partial charge on any atom is -0.465 e. The van der Waals surface area contributed by atoms with Crippen molar-refractivity contribution >= 4 is 33.3 Å². The molecule has 0 radical (unpaired) electrons. The zero-order chi connectivity index (χ0) is 18.2. The zero-order valence-corrected chi connectivity index (χ0v) is 14.7. The number of alkyl halides is 1. The molecule has 10 heteroatoms. The van der Waals surface area contributed by atoms with E-state index in [1.165, 1.54) is 12.1 Å². The van der Waals surface area contributed by atoms with Gasteiger partial charge in [0, 0.05) is 11.9 Å². The van der Waals surface area contributed by atoms with Crippen LogP contribution in [0.2, 0.25) is 0 Å². The Morgan fingerprint density at radius 1 is 1.42 bits per heavy atom. The molecule has 1 aromatic rings. The van der Waals surface area contributed by atoms with E-state index in [1.807, 2.05) is 6.92 Å². The number of unbranched alkanes of at least 4 members (excludes halogenated alkanes) is 1. The van der Waals surface area contributed by atoms with Gasteiger partial charge in [0.25, 0.3) is 5.69 Å². The first-order chi connectivity index (χ1) is 11.3. The van der Waals surface area contributed by atoms with E-state index in [0.717, 1.165) is 18.6 Å². The van der Waals surface area contributed by atoms with Crippen LogP contribution in [0.15, 0.2) is 29.2 Å². The Morgan fingerprint density at radius 3 is 2.67 bits per heavy atom. The highest BCUT2D eigenvalue weighted by atomic mass is 35.5. The maximum absolute atomic E-state index is 12.4. The van der Waals surface area contributed by atoms with Crippen LogP contribution >= 0.6 is 11.6 Å². The third kappa shape index (κ3) is 5.73. The number of ether oxygens (including phenoxy) is 1. The number of carbonyl (C=O) groups is 1. The van der Waals surface area contributed by atoms with Crippen molar-refractivity contribution in [1.82, 2.24) is 4.72 Å². The molecule has 8 nitrogen and oxygen atoms in total. The van der Waals surface area contributed by atoms with Gasteiger partial charge in [-0.25, -0.2) is 8.42 Å². The molecule has 24 heavy (non-hydrogen) atoms. The zero-order valence-electron chi connectivity index (χ0n) is 13.1. The van der Waals surface area contributed by atoms with Gasteiger partial charge in [0.05, 0.1) is 11.5 Å². The first kappa shape index (κ1) is 20.3. The van der Waals surface area contributed by atoms with Crippen LogP contribution in [0.5, 0.6) is 0 Å². The molecule has 0 heterocycles. The molecule has 0 saturated carbocycles. The maximum Gasteiger partial charge on any atom is 0.324 e. The van der Waals surface area contributed by atoms with Crippen LogP contribution in [-0.4, -0.2) is 37.8 Å². The summed E-state index contributed by atoms with van der Waals surface area (Å²) in [6.45, 7) is 2.09. The van der Waals surface area contributed by atoms with Gasteiger partial charge in [0.15, 0.2) is 4.90 Å². The Bertz CT molecular complexity index is 680. The molecule has 1 rings (SSSR count). The largest absolute Gasteiger partial charge is 0.465 e. The monoisotopic (exact) mass is 378 g/mol. The lowest BCUT2D eigenvalue weighted by atomic mass is 10.2. The fourth-order valence-corrected chi connectivity index (χ4v) is 3.45. The predicted molar refractivity (Wildman–Crippen MR) is 88.4 cm³/mol. The second-order valence-electron chi connectivity index (χ2n) is 4.90. The number of para-hydroxylation sites is 1. The second-order valence-corrected chi connectivity index (χ2v) is 6.96. The van der Waals surface area contributed by atoms with Crippen molar-refractivity contribution in [3.8, 4) is 0 Å². The fourth-order valence-electron chi connectivity index (χ4n) is 1.84. The van der Waals surface area contributed by atoms with Crippen molar-refractivity contribution in [2.75, 3.05) is 12.5 Å². The topological polar surface area (TPSA) is 116 Å². The summed E-state index contributed by atoms with van der Waals surface area (Å²) in [4.78, 5) is 21.7. The van der Waals surface area contributed by atoms with Crippen molar-refractivity contribution in [2.24, 2.45) is 0 Å². The number of sulfonamides is 1. The second kappa shape index (κ2) is 9.55. The molecule has 0 unspecified atom stereocenters. The minimum absolute atomic E-state index is 0.00632. The first-order valence-corrected chi connectivity index (χ1v) is 9.33. The number of nitro groups is 1. The van der Waals surface area contributed by atoms with Gasteiger partial charge in [-0.15, -0.1) is 11.6 Å². The number of esters is 1. The van der Waals surface area contributed by atoms with Gasteiger partial charge in [-0.05, 0) is 18.9 Å². The molecular formula is C14H19ClN2O6S. The van der Waals surface area contributed by atoms with Gasteiger partial charge in [-0.2, -0.15) is 4.72 Å². The van der Waals surface area contributed by atoms with Crippen molar-refractivity contribution in [3.05, 3.63) is 34.4 Å². The van der Waals surface area contributed by atoms with Crippen molar-refractivity contribution in [3.63, 3.8) is 0 Å². The summed E-state index contributed by atoms with van der Waals surface area (Å²) in [7, 11) is -4.28. The summed E-state index contributed by atoms with van der Waals surface area (Å²) >= 11 is 5.61. The SMILES string of the molecule is CCCCOC(=O)[C@@H](CCCl)NS(=O)(=O)c1ccccc1[N+](=O)[O-]. The predicted octanol–water partition coefficient (Wildman–Crippen LogP) is 2.21. The summed E-state index contributed by atoms with van der Waals surface area (Å²) in [6, 6.07) is 3.68. The Morgan fingerprint density at radius 2 is 2.08 bits per heavy atom. The third-order valence-electron chi connectivity index (χ3n) is 3.07. The molecule has 134 valence electrons. The average Bonchev–Trinajstić information content (AvgIpc) is 2.54. The first-order valence-electron chi connectivity index (χ1n) is 7.31. The Balaban J connectivity index is 3.00. The van der Waals surface area contributed by atoms with Crippen LogP contribution < -0.4 is 4.72 Å². The average molecular weight is 379 g/mol. The van der Waals surface area contributed by atoms with Gasteiger partial charge in [0.2, 0.25) is 10.0 Å². The Labute approximate surface area is 145 Å². The number of nitro benzene ring substituents is 1. The summed E-state index contributed by atoms with van der Waals surface area (Å²) in [5, 5.41) is 11.0. The van der Waals surface area contributed by atoms with E-state index in [0.29, 0.717) is 6.42 Å². The van der Waals surface area contributed by atoms with Gasteiger partial charge in [0.1, 0.15) is 6.04 Å². The third-order valence-corrected chi connectivity index (χ3v) is 4.81. The molecule has 1 N–H and O–H groups in total. The lowest BCUT2D eigenvalue weighted by Gasteiger charge is -2.16. The minimum atomic E-state index is -4.28. The van der Waals surface area contributed by atoms with E-state index in [1.54, 1.807) is 0 Å². The molecule has 0 bridgehead atoms. The molecule has 0 aliphatic rings. The van der Waals surface area contributed by atoms with E-state index < -0.39 is 37.5 Å². The van der Waals surface area contributed by atoms with Gasteiger partial charge in [-0.3, -0.25) is 14.9 Å². The lowest BCUT2D eigenvalue weighted by Crippen LogP contribution is -2.42. The molecule has 1 atom stereocenters. The van der Waals surface area contributed by atoms with Crippen LogP contribution in [0, 0.1) is 10.1 Å².